The van der Waals surface area contributed by atoms with Crippen LogP contribution in [0.4, 0.5) is 0 Å². The minimum atomic E-state index is 0.742. The number of methoxy groups -OCH3 is 1. The molecule has 3 aromatic rings. The molecule has 0 aliphatic rings. The van der Waals surface area contributed by atoms with Crippen LogP contribution in [0.15, 0.2) is 54.6 Å². The summed E-state index contributed by atoms with van der Waals surface area (Å²) in [6, 6.07) is 17.8. The molecule has 0 saturated carbocycles. The first kappa shape index (κ1) is 12.4. The first-order valence-corrected chi connectivity index (χ1v) is 6.41. The number of benzene rings is 2. The maximum absolute atomic E-state index is 5.27. The molecule has 0 aliphatic carbocycles. The molecule has 0 spiro atoms. The summed E-state index contributed by atoms with van der Waals surface area (Å²) in [5, 5.41) is 4.48. The quantitative estimate of drug-likeness (QED) is 0.729. The largest absolute Gasteiger partial charge is 0.497 e. The molecule has 20 heavy (non-hydrogen) atoms. The Bertz CT molecular complexity index is 720. The van der Waals surface area contributed by atoms with Gasteiger partial charge < -0.3 is 4.74 Å². The average Bonchev–Trinajstić information content (AvgIpc) is 2.90. The predicted molar refractivity (Wildman–Crippen MR) is 78.1 cm³/mol. The molecule has 1 aromatic heterocycles. The molecule has 0 N–H and O–H groups in total. The first-order valence-electron chi connectivity index (χ1n) is 6.41. The standard InChI is InChI=1S/C16H15N3O/c1-12-17-16(13-7-6-10-15(11-13)20-2)19(18-12)14-8-4-3-5-9-14/h3-11H,1-2H3. The van der Waals surface area contributed by atoms with E-state index in [1.54, 1.807) is 7.11 Å². The van der Waals surface area contributed by atoms with Gasteiger partial charge in [-0.2, -0.15) is 5.10 Å². The lowest BCUT2D eigenvalue weighted by molar-refractivity contribution is 0.415. The summed E-state index contributed by atoms with van der Waals surface area (Å²) in [5.74, 6) is 2.36. The highest BCUT2D eigenvalue weighted by atomic mass is 16.5. The molecule has 0 unspecified atom stereocenters. The molecule has 0 aliphatic heterocycles. The SMILES string of the molecule is COc1cccc(-c2nc(C)nn2-c2ccccc2)c1. The van der Waals surface area contributed by atoms with Crippen molar-refractivity contribution in [2.45, 2.75) is 6.92 Å². The van der Waals surface area contributed by atoms with Crippen molar-refractivity contribution in [3.63, 3.8) is 0 Å². The number of para-hydroxylation sites is 1. The van der Waals surface area contributed by atoms with Crippen LogP contribution in [0, 0.1) is 6.92 Å². The summed E-state index contributed by atoms with van der Waals surface area (Å²) in [6.07, 6.45) is 0. The van der Waals surface area contributed by atoms with Gasteiger partial charge in [-0.25, -0.2) is 9.67 Å². The van der Waals surface area contributed by atoms with E-state index in [1.807, 2.05) is 66.2 Å². The van der Waals surface area contributed by atoms with E-state index in [0.717, 1.165) is 28.6 Å². The summed E-state index contributed by atoms with van der Waals surface area (Å²) < 4.78 is 7.12. The van der Waals surface area contributed by atoms with Gasteiger partial charge in [0.1, 0.15) is 11.6 Å². The van der Waals surface area contributed by atoms with Gasteiger partial charge in [-0.05, 0) is 31.2 Å². The van der Waals surface area contributed by atoms with Gasteiger partial charge in [0.25, 0.3) is 0 Å². The van der Waals surface area contributed by atoms with Crippen LogP contribution in [0.3, 0.4) is 0 Å². The first-order chi connectivity index (χ1) is 9.78. The monoisotopic (exact) mass is 265 g/mol. The van der Waals surface area contributed by atoms with Crippen LogP contribution >= 0.6 is 0 Å². The molecule has 0 fully saturated rings. The highest BCUT2D eigenvalue weighted by Crippen LogP contribution is 2.24. The Hall–Kier alpha value is -2.62. The number of nitrogens with zero attached hydrogens (tertiary/aromatic N) is 3. The molecule has 0 amide bonds. The van der Waals surface area contributed by atoms with E-state index in [9.17, 15) is 0 Å². The van der Waals surface area contributed by atoms with E-state index < -0.39 is 0 Å². The number of aromatic nitrogens is 3. The van der Waals surface area contributed by atoms with Gasteiger partial charge in [0.15, 0.2) is 5.82 Å². The molecular formula is C16H15N3O. The highest BCUT2D eigenvalue weighted by molar-refractivity contribution is 5.60. The van der Waals surface area contributed by atoms with E-state index in [0.29, 0.717) is 0 Å². The number of hydrogen-bond acceptors (Lipinski definition) is 3. The van der Waals surface area contributed by atoms with Crippen molar-refractivity contribution in [1.82, 2.24) is 14.8 Å². The van der Waals surface area contributed by atoms with E-state index >= 15 is 0 Å². The minimum Gasteiger partial charge on any atom is -0.497 e. The van der Waals surface area contributed by atoms with Crippen molar-refractivity contribution in [2.75, 3.05) is 7.11 Å². The Morgan fingerprint density at radius 2 is 1.80 bits per heavy atom. The third-order valence-corrected chi connectivity index (χ3v) is 3.04. The highest BCUT2D eigenvalue weighted by Gasteiger charge is 2.11. The van der Waals surface area contributed by atoms with Crippen molar-refractivity contribution in [3.05, 3.63) is 60.4 Å². The molecule has 0 atom stereocenters. The van der Waals surface area contributed by atoms with Gasteiger partial charge in [0, 0.05) is 5.56 Å². The second-order valence-corrected chi connectivity index (χ2v) is 4.46. The van der Waals surface area contributed by atoms with Crippen LogP contribution < -0.4 is 4.74 Å². The summed E-state index contributed by atoms with van der Waals surface area (Å²) in [5.41, 5.74) is 1.97. The Morgan fingerprint density at radius 3 is 2.55 bits per heavy atom. The molecule has 0 radical (unpaired) electrons. The van der Waals surface area contributed by atoms with Crippen LogP contribution in [-0.2, 0) is 0 Å². The number of rotatable bonds is 3. The Labute approximate surface area is 117 Å². The topological polar surface area (TPSA) is 39.9 Å². The lowest BCUT2D eigenvalue weighted by atomic mass is 10.2. The van der Waals surface area contributed by atoms with Crippen LogP contribution in [0.1, 0.15) is 5.82 Å². The van der Waals surface area contributed by atoms with E-state index in [4.69, 9.17) is 4.74 Å². The van der Waals surface area contributed by atoms with Crippen molar-refractivity contribution < 1.29 is 4.74 Å². The number of ether oxygens (including phenoxy) is 1. The van der Waals surface area contributed by atoms with Crippen LogP contribution in [0.5, 0.6) is 5.75 Å². The van der Waals surface area contributed by atoms with E-state index in [1.165, 1.54) is 0 Å². The molecule has 0 saturated heterocycles. The molecule has 2 aromatic carbocycles. The second kappa shape index (κ2) is 5.17. The Kier molecular flexibility index (Phi) is 3.21. The number of aryl methyl sites for hydroxylation is 1. The minimum absolute atomic E-state index is 0.742. The van der Waals surface area contributed by atoms with Crippen molar-refractivity contribution in [3.8, 4) is 22.8 Å². The third-order valence-electron chi connectivity index (χ3n) is 3.04. The molecule has 4 heteroatoms. The van der Waals surface area contributed by atoms with E-state index in [-0.39, 0.29) is 0 Å². The lowest BCUT2D eigenvalue weighted by Crippen LogP contribution is -1.99. The van der Waals surface area contributed by atoms with Crippen molar-refractivity contribution in [1.29, 1.82) is 0 Å². The second-order valence-electron chi connectivity index (χ2n) is 4.46. The fourth-order valence-electron chi connectivity index (χ4n) is 2.11. The van der Waals surface area contributed by atoms with Gasteiger partial charge in [0.2, 0.25) is 0 Å². The normalized spacial score (nSPS) is 10.5. The Balaban J connectivity index is 2.14. The van der Waals surface area contributed by atoms with Crippen molar-refractivity contribution >= 4 is 0 Å². The zero-order valence-electron chi connectivity index (χ0n) is 11.4. The molecule has 3 rings (SSSR count). The number of hydrogen-bond donors (Lipinski definition) is 0. The summed E-state index contributed by atoms with van der Waals surface area (Å²) in [7, 11) is 1.66. The smallest absolute Gasteiger partial charge is 0.163 e. The van der Waals surface area contributed by atoms with Gasteiger partial charge in [-0.3, -0.25) is 0 Å². The molecular weight excluding hydrogens is 250 g/mol. The van der Waals surface area contributed by atoms with Gasteiger partial charge in [-0.15, -0.1) is 0 Å². The zero-order valence-corrected chi connectivity index (χ0v) is 11.4. The van der Waals surface area contributed by atoms with Crippen LogP contribution in [-0.4, -0.2) is 21.9 Å². The zero-order chi connectivity index (χ0) is 13.9. The average molecular weight is 265 g/mol. The van der Waals surface area contributed by atoms with Gasteiger partial charge in [-0.1, -0.05) is 30.3 Å². The van der Waals surface area contributed by atoms with E-state index in [2.05, 4.69) is 10.1 Å². The maximum atomic E-state index is 5.27. The Morgan fingerprint density at radius 1 is 1.00 bits per heavy atom. The van der Waals surface area contributed by atoms with Gasteiger partial charge in [0.05, 0.1) is 12.8 Å². The summed E-state index contributed by atoms with van der Waals surface area (Å²) in [4.78, 5) is 4.53. The summed E-state index contributed by atoms with van der Waals surface area (Å²) >= 11 is 0. The van der Waals surface area contributed by atoms with Gasteiger partial charge >= 0.3 is 0 Å². The molecule has 1 heterocycles. The lowest BCUT2D eigenvalue weighted by Gasteiger charge is -2.07. The predicted octanol–water partition coefficient (Wildman–Crippen LogP) is 3.25. The third kappa shape index (κ3) is 2.28. The fourth-order valence-corrected chi connectivity index (χ4v) is 2.11. The maximum Gasteiger partial charge on any atom is 0.163 e. The van der Waals surface area contributed by atoms with Crippen molar-refractivity contribution in [2.24, 2.45) is 0 Å². The molecule has 4 nitrogen and oxygen atoms in total. The fraction of sp³-hybridized carbons (Fsp3) is 0.125. The van der Waals surface area contributed by atoms with Crippen LogP contribution in [0.25, 0.3) is 17.1 Å². The molecule has 0 bridgehead atoms. The summed E-state index contributed by atoms with van der Waals surface area (Å²) in [6.45, 7) is 1.89. The molecule has 100 valence electrons. The van der Waals surface area contributed by atoms with Crippen LogP contribution in [0.2, 0.25) is 0 Å².